The molecule has 0 saturated carbocycles. The number of aliphatic hydroxyl groups is 3. The van der Waals surface area contributed by atoms with Crippen LogP contribution in [0.1, 0.15) is 350 Å². The summed E-state index contributed by atoms with van der Waals surface area (Å²) in [6.45, 7) is 18.8. The highest BCUT2D eigenvalue weighted by Crippen LogP contribution is 2.16. The molecule has 0 fully saturated rings. The van der Waals surface area contributed by atoms with Gasteiger partial charge in [0.1, 0.15) is 0 Å². The van der Waals surface area contributed by atoms with Crippen molar-refractivity contribution >= 4 is 0 Å². The average Bonchev–Trinajstić information content (AvgIpc) is 1.73. The zero-order valence-electron chi connectivity index (χ0n) is 56.9. The van der Waals surface area contributed by atoms with E-state index in [4.69, 9.17) is 0 Å². The Morgan fingerprint density at radius 2 is 0.369 bits per heavy atom. The van der Waals surface area contributed by atoms with E-state index < -0.39 is 35.4 Å². The molecule has 0 amide bonds. The van der Waals surface area contributed by atoms with Crippen LogP contribution in [0.4, 0.5) is 0 Å². The second-order valence-corrected chi connectivity index (χ2v) is 26.4. The van der Waals surface area contributed by atoms with Crippen molar-refractivity contribution in [2.45, 2.75) is 388 Å². The first kappa shape index (κ1) is 80.2. The monoisotopic (exact) mass is 1190 g/mol. The molecule has 498 valence electrons. The Hall–Kier alpha value is -1.83. The van der Waals surface area contributed by atoms with Crippen LogP contribution in [0, 0.1) is 0 Å². The fraction of sp³-hybridized carbons (Fsp3) is 0.958. The summed E-state index contributed by atoms with van der Waals surface area (Å²) in [5, 5.41) is 35.9. The minimum absolute atomic E-state index is 0.262. The van der Waals surface area contributed by atoms with Crippen LogP contribution in [0.2, 0.25) is 0 Å². The molecule has 0 aliphatic rings. The summed E-state index contributed by atoms with van der Waals surface area (Å²) in [5.41, 5.74) is -2.39. The maximum Gasteiger partial charge on any atom is 0.336 e. The highest BCUT2D eigenvalue weighted by molar-refractivity contribution is 4.84. The van der Waals surface area contributed by atoms with Crippen molar-refractivity contribution < 1.29 is 15.3 Å². The first-order valence-corrected chi connectivity index (χ1v) is 37.2. The Kier molecular flexibility index (Phi) is 56.2. The van der Waals surface area contributed by atoms with Crippen molar-refractivity contribution in [2.24, 2.45) is 0 Å². The molecule has 0 radical (unpaired) electrons. The van der Waals surface area contributed by atoms with E-state index in [-0.39, 0.29) is 19.6 Å². The van der Waals surface area contributed by atoms with Gasteiger partial charge in [0, 0.05) is 19.6 Å². The summed E-state index contributed by atoms with van der Waals surface area (Å²) in [6.07, 6.45) is 55.5. The van der Waals surface area contributed by atoms with Gasteiger partial charge in [-0.1, -0.05) is 311 Å². The molecule has 0 saturated heterocycles. The molecular weight excluding hydrogens is 1040 g/mol. The minimum atomic E-state index is -1.03. The van der Waals surface area contributed by atoms with Crippen molar-refractivity contribution in [1.29, 1.82) is 0 Å². The van der Waals surface area contributed by atoms with Crippen LogP contribution in [0.15, 0.2) is 14.4 Å². The number of nitrogens with zero attached hydrogens (tertiary/aromatic N) is 6. The number of hydrogen-bond donors (Lipinski definition) is 3. The van der Waals surface area contributed by atoms with Crippen molar-refractivity contribution in [3.63, 3.8) is 0 Å². The Bertz CT molecular complexity index is 1450. The maximum atomic E-state index is 14.7. The molecular formula is C72H144N6O6. The third kappa shape index (κ3) is 44.6. The van der Waals surface area contributed by atoms with Crippen molar-refractivity contribution in [1.82, 2.24) is 28.4 Å². The summed E-state index contributed by atoms with van der Waals surface area (Å²) >= 11 is 0. The van der Waals surface area contributed by atoms with Crippen molar-refractivity contribution in [3.8, 4) is 0 Å². The van der Waals surface area contributed by atoms with Crippen LogP contribution < -0.4 is 17.1 Å². The first-order chi connectivity index (χ1) is 41.1. The van der Waals surface area contributed by atoms with E-state index in [0.29, 0.717) is 19.6 Å². The fourth-order valence-electron chi connectivity index (χ4n) is 12.5. The Labute approximate surface area is 519 Å². The number of rotatable bonds is 66. The quantitative estimate of drug-likeness (QED) is 0.0545. The molecule has 1 heterocycles. The van der Waals surface area contributed by atoms with Gasteiger partial charge in [0.25, 0.3) is 0 Å². The molecule has 3 unspecified atom stereocenters. The SMILES string of the molecule is CCCCCCCCCCN(CCCCCCCCCC)CC(O)Cn1c(=O)n(CC(O)CN(CCCCCCCCCC)CCCCCCCCCC)c(=O)n(CC(O)CN(CCCCCCCCCC)CCCCCCCCCC)c1=O. The number of aromatic nitrogens is 3. The highest BCUT2D eigenvalue weighted by atomic mass is 16.3. The minimum Gasteiger partial charge on any atom is -0.390 e. The predicted octanol–water partition coefficient (Wildman–Crippen LogP) is 17.0. The number of hydrogen-bond acceptors (Lipinski definition) is 9. The molecule has 0 aromatic carbocycles. The van der Waals surface area contributed by atoms with E-state index in [1.165, 1.54) is 231 Å². The lowest BCUT2D eigenvalue weighted by molar-refractivity contribution is 0.0791. The van der Waals surface area contributed by atoms with Gasteiger partial charge in [-0.05, 0) is 77.8 Å². The Balaban J connectivity index is 3.55. The standard InChI is InChI=1S/C72H144N6O6/c1-7-13-19-25-31-37-43-49-55-73(56-50-44-38-32-26-20-14-8-2)61-67(79)64-76-70(82)77(65-68(80)62-74(57-51-45-39-33-27-21-15-9-3)58-52-46-40-34-28-22-16-10-4)72(84)78(71(76)83)66-69(81)63-75(59-53-47-41-35-29-23-17-11-5)60-54-48-42-36-30-24-18-12-6/h67-69,79-81H,7-66H2,1-6H3. The third-order valence-electron chi connectivity index (χ3n) is 17.9. The van der Waals surface area contributed by atoms with Crippen LogP contribution in [0.3, 0.4) is 0 Å². The molecule has 1 rings (SSSR count). The molecule has 0 aliphatic heterocycles. The lowest BCUT2D eigenvalue weighted by Gasteiger charge is -2.27. The average molecular weight is 1190 g/mol. The van der Waals surface area contributed by atoms with E-state index in [2.05, 4.69) is 56.2 Å². The normalized spacial score (nSPS) is 13.1. The first-order valence-electron chi connectivity index (χ1n) is 37.2. The second-order valence-electron chi connectivity index (χ2n) is 26.4. The largest absolute Gasteiger partial charge is 0.390 e. The van der Waals surface area contributed by atoms with Gasteiger partial charge in [-0.15, -0.1) is 0 Å². The summed E-state index contributed by atoms with van der Waals surface area (Å²) in [5.74, 6) is 0. The summed E-state index contributed by atoms with van der Waals surface area (Å²) in [4.78, 5) is 51.1. The Morgan fingerprint density at radius 1 is 0.238 bits per heavy atom. The second kappa shape index (κ2) is 58.8. The van der Waals surface area contributed by atoms with Gasteiger partial charge < -0.3 is 30.0 Å². The molecule has 12 heteroatoms. The molecule has 3 N–H and O–H groups in total. The molecule has 0 aliphatic carbocycles. The van der Waals surface area contributed by atoms with Crippen LogP contribution in [-0.2, 0) is 19.6 Å². The zero-order chi connectivity index (χ0) is 61.4. The van der Waals surface area contributed by atoms with E-state index in [1.807, 2.05) is 0 Å². The molecule has 12 nitrogen and oxygen atoms in total. The van der Waals surface area contributed by atoms with Crippen LogP contribution in [-0.4, -0.2) is 121 Å². The highest BCUT2D eigenvalue weighted by Gasteiger charge is 2.24. The van der Waals surface area contributed by atoms with Crippen LogP contribution >= 0.6 is 0 Å². The number of aliphatic hydroxyl groups excluding tert-OH is 3. The summed E-state index contributed by atoms with van der Waals surface area (Å²) in [6, 6.07) is 0. The third-order valence-corrected chi connectivity index (χ3v) is 17.9. The molecule has 0 spiro atoms. The van der Waals surface area contributed by atoms with Gasteiger partial charge >= 0.3 is 17.1 Å². The van der Waals surface area contributed by atoms with Gasteiger partial charge in [0.15, 0.2) is 0 Å². The van der Waals surface area contributed by atoms with E-state index in [9.17, 15) is 29.7 Å². The smallest absolute Gasteiger partial charge is 0.336 e. The predicted molar refractivity (Wildman–Crippen MR) is 362 cm³/mol. The molecule has 3 atom stereocenters. The van der Waals surface area contributed by atoms with Crippen molar-refractivity contribution in [3.05, 3.63) is 31.5 Å². The van der Waals surface area contributed by atoms with Crippen LogP contribution in [0.5, 0.6) is 0 Å². The molecule has 1 aromatic heterocycles. The molecule has 0 bridgehead atoms. The van der Waals surface area contributed by atoms with E-state index >= 15 is 0 Å². The summed E-state index contributed by atoms with van der Waals surface area (Å²) in [7, 11) is 0. The topological polar surface area (TPSA) is 136 Å². The Morgan fingerprint density at radius 3 is 0.512 bits per heavy atom. The van der Waals surface area contributed by atoms with Gasteiger partial charge in [0.05, 0.1) is 37.9 Å². The van der Waals surface area contributed by atoms with E-state index in [0.717, 1.165) is 130 Å². The lowest BCUT2D eigenvalue weighted by atomic mass is 10.1. The maximum absolute atomic E-state index is 14.7. The van der Waals surface area contributed by atoms with Gasteiger partial charge in [-0.2, -0.15) is 0 Å². The van der Waals surface area contributed by atoms with Crippen molar-refractivity contribution in [2.75, 3.05) is 58.9 Å². The van der Waals surface area contributed by atoms with Crippen LogP contribution in [0.25, 0.3) is 0 Å². The molecule has 1 aromatic rings. The van der Waals surface area contributed by atoms with E-state index in [1.54, 1.807) is 0 Å². The summed E-state index contributed by atoms with van der Waals surface area (Å²) < 4.78 is 3.11. The van der Waals surface area contributed by atoms with Gasteiger partial charge in [0.2, 0.25) is 0 Å². The number of unbranched alkanes of at least 4 members (excludes halogenated alkanes) is 42. The molecule has 84 heavy (non-hydrogen) atoms. The zero-order valence-corrected chi connectivity index (χ0v) is 56.9. The fourth-order valence-corrected chi connectivity index (χ4v) is 12.5. The lowest BCUT2D eigenvalue weighted by Crippen LogP contribution is -2.58. The van der Waals surface area contributed by atoms with Gasteiger partial charge in [-0.3, -0.25) is 0 Å². The van der Waals surface area contributed by atoms with Gasteiger partial charge in [-0.25, -0.2) is 28.1 Å².